The van der Waals surface area contributed by atoms with Crippen LogP contribution in [-0.2, 0) is 4.74 Å². The normalized spacial score (nSPS) is 22.3. The SMILES string of the molecule is [2H]C1(N2CCC(c3cc4nc(Nc5cnn(C6CC6)c5Cl)ncc4cc3Cl)CC2)COC1. The molecule has 2 saturated heterocycles. The Labute approximate surface area is 192 Å². The van der Waals surface area contributed by atoms with Crippen molar-refractivity contribution in [1.82, 2.24) is 24.6 Å². The lowest BCUT2D eigenvalue weighted by atomic mass is 9.88. The molecule has 2 aromatic heterocycles. The molecule has 0 radical (unpaired) electrons. The monoisotopic (exact) mass is 459 g/mol. The van der Waals surface area contributed by atoms with Crippen molar-refractivity contribution >= 4 is 45.7 Å². The van der Waals surface area contributed by atoms with Gasteiger partial charge in [-0.25, -0.2) is 14.6 Å². The third-order valence-electron chi connectivity index (χ3n) is 6.49. The number of hydrogen-bond acceptors (Lipinski definition) is 6. The fourth-order valence-electron chi connectivity index (χ4n) is 4.45. The zero-order chi connectivity index (χ0) is 21.9. The standard InChI is InChI=1S/C22H24Cl2N6O/c23-18-7-14-9-25-22(28-20-10-26-30(21(20)24)15-1-2-15)27-19(14)8-17(18)13-3-5-29(6-4-13)16-11-31-12-16/h7-10,13,15-16H,1-6,11-12H2,(H,25,27,28)/i16D. The number of hydrogen-bond donors (Lipinski definition) is 1. The van der Waals surface area contributed by atoms with Crippen molar-refractivity contribution in [3.05, 3.63) is 40.3 Å². The number of piperidine rings is 1. The van der Waals surface area contributed by atoms with E-state index >= 15 is 0 Å². The molecule has 6 rings (SSSR count). The summed E-state index contributed by atoms with van der Waals surface area (Å²) >= 11 is 13.1. The van der Waals surface area contributed by atoms with E-state index in [4.69, 9.17) is 34.3 Å². The van der Waals surface area contributed by atoms with Crippen LogP contribution in [0.5, 0.6) is 0 Å². The van der Waals surface area contributed by atoms with Crippen LogP contribution in [0.1, 0.15) is 44.6 Å². The van der Waals surface area contributed by atoms with E-state index in [1.54, 1.807) is 12.4 Å². The molecule has 3 aromatic rings. The number of benzene rings is 1. The molecule has 1 N–H and O–H groups in total. The lowest BCUT2D eigenvalue weighted by molar-refractivity contribution is -0.0712. The van der Waals surface area contributed by atoms with E-state index < -0.39 is 6.02 Å². The van der Waals surface area contributed by atoms with Gasteiger partial charge in [-0.05, 0) is 62.4 Å². The summed E-state index contributed by atoms with van der Waals surface area (Å²) in [6.45, 7) is 2.77. The molecule has 3 fully saturated rings. The largest absolute Gasteiger partial charge is 0.378 e. The van der Waals surface area contributed by atoms with Gasteiger partial charge >= 0.3 is 0 Å². The van der Waals surface area contributed by atoms with Gasteiger partial charge in [-0.1, -0.05) is 23.2 Å². The molecule has 3 aliphatic rings. The fourth-order valence-corrected chi connectivity index (χ4v) is 5.05. The van der Waals surface area contributed by atoms with Crippen LogP contribution in [0.3, 0.4) is 0 Å². The van der Waals surface area contributed by atoms with Gasteiger partial charge in [0.1, 0.15) is 0 Å². The van der Waals surface area contributed by atoms with Gasteiger partial charge in [0.25, 0.3) is 0 Å². The van der Waals surface area contributed by atoms with E-state index in [1.807, 2.05) is 10.7 Å². The van der Waals surface area contributed by atoms with Gasteiger partial charge in [0, 0.05) is 16.6 Å². The lowest BCUT2D eigenvalue weighted by Crippen LogP contribution is -2.51. The molecule has 0 spiro atoms. The van der Waals surface area contributed by atoms with Crippen LogP contribution in [-0.4, -0.2) is 57.0 Å². The highest BCUT2D eigenvalue weighted by molar-refractivity contribution is 6.32. The van der Waals surface area contributed by atoms with Crippen LogP contribution >= 0.6 is 23.2 Å². The van der Waals surface area contributed by atoms with Crippen molar-refractivity contribution in [2.45, 2.75) is 43.7 Å². The Morgan fingerprint density at radius 3 is 2.61 bits per heavy atom. The number of ether oxygens (including phenoxy) is 1. The summed E-state index contributed by atoms with van der Waals surface area (Å²) in [6, 6.07) is 3.91. The molecule has 7 nitrogen and oxygen atoms in total. The van der Waals surface area contributed by atoms with Crippen LogP contribution in [0.2, 0.25) is 10.2 Å². The molecule has 1 saturated carbocycles. The van der Waals surface area contributed by atoms with Crippen molar-refractivity contribution in [3.8, 4) is 0 Å². The van der Waals surface area contributed by atoms with Crippen LogP contribution in [0.15, 0.2) is 24.5 Å². The van der Waals surface area contributed by atoms with E-state index in [9.17, 15) is 0 Å². The first-order valence-electron chi connectivity index (χ1n) is 11.3. The number of aromatic nitrogens is 4. The molecule has 1 aliphatic carbocycles. The van der Waals surface area contributed by atoms with Crippen molar-refractivity contribution in [3.63, 3.8) is 0 Å². The Balaban J connectivity index is 1.22. The average molecular weight is 460 g/mol. The molecule has 1 aromatic carbocycles. The predicted octanol–water partition coefficient (Wildman–Crippen LogP) is 4.79. The topological polar surface area (TPSA) is 68.1 Å². The minimum absolute atomic E-state index is 0.352. The first-order chi connectivity index (χ1) is 15.5. The lowest BCUT2D eigenvalue weighted by Gasteiger charge is -2.41. The zero-order valence-corrected chi connectivity index (χ0v) is 18.5. The van der Waals surface area contributed by atoms with Crippen molar-refractivity contribution in [1.29, 1.82) is 0 Å². The quantitative estimate of drug-likeness (QED) is 0.591. The number of nitrogens with zero attached hydrogens (tertiary/aromatic N) is 5. The fraction of sp³-hybridized carbons (Fsp3) is 0.500. The van der Waals surface area contributed by atoms with Crippen molar-refractivity contribution < 1.29 is 6.11 Å². The van der Waals surface area contributed by atoms with E-state index in [0.717, 1.165) is 60.3 Å². The Morgan fingerprint density at radius 2 is 1.90 bits per heavy atom. The first kappa shape index (κ1) is 18.6. The zero-order valence-electron chi connectivity index (χ0n) is 18.0. The van der Waals surface area contributed by atoms with Gasteiger partial charge in [0.05, 0.1) is 44.0 Å². The van der Waals surface area contributed by atoms with Crippen LogP contribution in [0.25, 0.3) is 10.9 Å². The van der Waals surface area contributed by atoms with Gasteiger partial charge in [0.15, 0.2) is 5.15 Å². The number of halogens is 2. The first-order valence-corrected chi connectivity index (χ1v) is 11.5. The maximum absolute atomic E-state index is 8.47. The molecular weight excluding hydrogens is 435 g/mol. The van der Waals surface area contributed by atoms with Gasteiger partial charge < -0.3 is 10.1 Å². The van der Waals surface area contributed by atoms with Gasteiger partial charge in [-0.2, -0.15) is 5.10 Å². The highest BCUT2D eigenvalue weighted by Crippen LogP contribution is 2.39. The van der Waals surface area contributed by atoms with E-state index in [2.05, 4.69) is 26.4 Å². The second-order valence-corrected chi connectivity index (χ2v) is 9.36. The number of rotatable bonds is 5. The summed E-state index contributed by atoms with van der Waals surface area (Å²) < 4.78 is 15.6. The molecule has 4 heterocycles. The molecule has 0 unspecified atom stereocenters. The molecule has 0 bridgehead atoms. The Kier molecular flexibility index (Phi) is 4.74. The van der Waals surface area contributed by atoms with Gasteiger partial charge in [-0.3, -0.25) is 4.90 Å². The van der Waals surface area contributed by atoms with E-state index in [-0.39, 0.29) is 0 Å². The molecule has 0 atom stereocenters. The van der Waals surface area contributed by atoms with Crippen molar-refractivity contribution in [2.75, 3.05) is 31.6 Å². The summed E-state index contributed by atoms with van der Waals surface area (Å²) in [6.07, 6.45) is 7.68. The minimum Gasteiger partial charge on any atom is -0.378 e. The third kappa shape index (κ3) is 3.78. The van der Waals surface area contributed by atoms with Crippen molar-refractivity contribution in [2.24, 2.45) is 0 Å². The summed E-state index contributed by atoms with van der Waals surface area (Å²) in [5.41, 5.74) is 2.68. The second-order valence-electron chi connectivity index (χ2n) is 8.60. The summed E-state index contributed by atoms with van der Waals surface area (Å²) in [5.74, 6) is 0.837. The summed E-state index contributed by atoms with van der Waals surface area (Å²) in [7, 11) is 0. The molecule has 2 aliphatic heterocycles. The van der Waals surface area contributed by atoms with Crippen LogP contribution in [0.4, 0.5) is 11.6 Å². The smallest absolute Gasteiger partial charge is 0.227 e. The number of anilines is 2. The Morgan fingerprint density at radius 1 is 1.10 bits per heavy atom. The molecule has 9 heteroatoms. The maximum Gasteiger partial charge on any atom is 0.227 e. The molecule has 0 amide bonds. The highest BCUT2D eigenvalue weighted by Gasteiger charge is 2.31. The molecular formula is C22H24Cl2N6O. The number of fused-ring (bicyclic) bond motifs is 1. The molecule has 31 heavy (non-hydrogen) atoms. The third-order valence-corrected chi connectivity index (χ3v) is 7.20. The predicted molar refractivity (Wildman–Crippen MR) is 121 cm³/mol. The van der Waals surface area contributed by atoms with Crippen LogP contribution in [0, 0.1) is 0 Å². The summed E-state index contributed by atoms with van der Waals surface area (Å²) in [4.78, 5) is 11.4. The van der Waals surface area contributed by atoms with Crippen LogP contribution < -0.4 is 5.32 Å². The van der Waals surface area contributed by atoms with Gasteiger partial charge in [0.2, 0.25) is 5.95 Å². The highest BCUT2D eigenvalue weighted by atomic mass is 35.5. The summed E-state index contributed by atoms with van der Waals surface area (Å²) in [5, 5.41) is 9.83. The van der Waals surface area contributed by atoms with E-state index in [1.165, 1.54) is 0 Å². The Hall–Kier alpha value is -1.93. The maximum atomic E-state index is 8.47. The van der Waals surface area contributed by atoms with Gasteiger partial charge in [-0.15, -0.1) is 0 Å². The van der Waals surface area contributed by atoms with E-state index in [0.29, 0.717) is 42.0 Å². The average Bonchev–Trinajstić information content (AvgIpc) is 3.56. The minimum atomic E-state index is -0.541. The number of nitrogens with one attached hydrogen (secondary N) is 1. The Bertz CT molecular complexity index is 1170. The second kappa shape index (κ2) is 7.89. The number of likely N-dealkylation sites (tertiary alicyclic amines) is 1. The molecule has 162 valence electrons.